The number of rotatable bonds is 2. The first-order valence-corrected chi connectivity index (χ1v) is 8.91. The van der Waals surface area contributed by atoms with Gasteiger partial charge in [-0.2, -0.15) is 0 Å². The quantitative estimate of drug-likeness (QED) is 0.415. The van der Waals surface area contributed by atoms with Gasteiger partial charge in [-0.15, -0.1) is 0 Å². The Labute approximate surface area is 153 Å². The average molecular weight is 330 g/mol. The molecule has 1 aliphatic rings. The Morgan fingerprint density at radius 2 is 1.15 bits per heavy atom. The lowest BCUT2D eigenvalue weighted by Gasteiger charge is -2.14. The highest BCUT2D eigenvalue weighted by Crippen LogP contribution is 2.34. The SMILES string of the molecule is C=c1c(-c2ccccc2)c(-c2ccccc2)cc2c1=Cc1ccccc1-2. The summed E-state index contributed by atoms with van der Waals surface area (Å²) in [5.74, 6) is 0. The molecule has 0 aliphatic heterocycles. The monoisotopic (exact) mass is 330 g/mol. The summed E-state index contributed by atoms with van der Waals surface area (Å²) in [6, 6.07) is 32.1. The molecule has 0 unspecified atom stereocenters. The van der Waals surface area contributed by atoms with Crippen LogP contribution in [0.25, 0.3) is 46.0 Å². The zero-order valence-corrected chi connectivity index (χ0v) is 14.4. The molecule has 5 rings (SSSR count). The van der Waals surface area contributed by atoms with Crippen LogP contribution in [0, 0.1) is 0 Å². The van der Waals surface area contributed by atoms with Crippen molar-refractivity contribution in [1.29, 1.82) is 0 Å². The van der Waals surface area contributed by atoms with Crippen molar-refractivity contribution in [2.45, 2.75) is 0 Å². The molecule has 0 heterocycles. The van der Waals surface area contributed by atoms with E-state index in [9.17, 15) is 0 Å². The zero-order chi connectivity index (χ0) is 17.5. The maximum absolute atomic E-state index is 4.51. The fraction of sp³-hybridized carbons (Fsp3) is 0. The minimum absolute atomic E-state index is 1.10. The Bertz CT molecular complexity index is 1220. The summed E-state index contributed by atoms with van der Waals surface area (Å²) in [7, 11) is 0. The summed E-state index contributed by atoms with van der Waals surface area (Å²) < 4.78 is 0. The van der Waals surface area contributed by atoms with Gasteiger partial charge in [0.25, 0.3) is 0 Å². The van der Waals surface area contributed by atoms with Crippen molar-refractivity contribution in [1.82, 2.24) is 0 Å². The number of hydrogen-bond donors (Lipinski definition) is 0. The molecule has 122 valence electrons. The molecule has 1 aliphatic carbocycles. The van der Waals surface area contributed by atoms with Gasteiger partial charge in [0.1, 0.15) is 0 Å². The third-order valence-electron chi connectivity index (χ3n) is 5.17. The van der Waals surface area contributed by atoms with E-state index in [1.54, 1.807) is 0 Å². The summed E-state index contributed by atoms with van der Waals surface area (Å²) in [6.45, 7) is 4.51. The molecular weight excluding hydrogens is 312 g/mol. The van der Waals surface area contributed by atoms with Gasteiger partial charge in [-0.1, -0.05) is 91.5 Å². The van der Waals surface area contributed by atoms with E-state index in [0.717, 1.165) is 5.22 Å². The van der Waals surface area contributed by atoms with Crippen molar-refractivity contribution in [3.05, 3.63) is 107 Å². The maximum atomic E-state index is 4.51. The van der Waals surface area contributed by atoms with Crippen LogP contribution < -0.4 is 10.4 Å². The van der Waals surface area contributed by atoms with E-state index < -0.39 is 0 Å². The predicted octanol–water partition coefficient (Wildman–Crippen LogP) is 5.24. The van der Waals surface area contributed by atoms with Crippen LogP contribution in [0.2, 0.25) is 0 Å². The highest BCUT2D eigenvalue weighted by atomic mass is 14.2. The molecule has 0 amide bonds. The highest BCUT2D eigenvalue weighted by molar-refractivity contribution is 5.92. The minimum atomic E-state index is 1.10. The summed E-state index contributed by atoms with van der Waals surface area (Å²) in [6.07, 6.45) is 2.27. The average Bonchev–Trinajstić information content (AvgIpc) is 3.08. The van der Waals surface area contributed by atoms with E-state index in [4.69, 9.17) is 0 Å². The smallest absolute Gasteiger partial charge is 0.00323 e. The second-order valence-corrected chi connectivity index (χ2v) is 6.70. The zero-order valence-electron chi connectivity index (χ0n) is 14.4. The molecule has 0 atom stereocenters. The number of hydrogen-bond acceptors (Lipinski definition) is 0. The van der Waals surface area contributed by atoms with Crippen molar-refractivity contribution in [2.75, 3.05) is 0 Å². The Balaban J connectivity index is 1.91. The summed E-state index contributed by atoms with van der Waals surface area (Å²) in [5, 5.41) is 2.34. The largest absolute Gasteiger partial charge is 0.0905 e. The van der Waals surface area contributed by atoms with Crippen molar-refractivity contribution >= 4 is 12.7 Å². The van der Waals surface area contributed by atoms with Crippen molar-refractivity contribution in [3.8, 4) is 33.4 Å². The molecule has 4 aromatic carbocycles. The first kappa shape index (κ1) is 14.9. The fourth-order valence-electron chi connectivity index (χ4n) is 3.95. The molecule has 0 spiro atoms. The van der Waals surface area contributed by atoms with Crippen molar-refractivity contribution < 1.29 is 0 Å². The van der Waals surface area contributed by atoms with Gasteiger partial charge in [0.2, 0.25) is 0 Å². The van der Waals surface area contributed by atoms with Crippen LogP contribution in [0.4, 0.5) is 0 Å². The lowest BCUT2D eigenvalue weighted by atomic mass is 9.89. The van der Waals surface area contributed by atoms with Gasteiger partial charge in [0.05, 0.1) is 0 Å². The first-order chi connectivity index (χ1) is 12.8. The minimum Gasteiger partial charge on any atom is -0.0905 e. The van der Waals surface area contributed by atoms with E-state index in [0.29, 0.717) is 0 Å². The van der Waals surface area contributed by atoms with E-state index in [1.165, 1.54) is 44.2 Å². The molecule has 0 radical (unpaired) electrons. The molecule has 0 saturated heterocycles. The molecule has 0 N–H and O–H groups in total. The van der Waals surface area contributed by atoms with Crippen LogP contribution in [0.3, 0.4) is 0 Å². The number of fused-ring (bicyclic) bond motifs is 3. The van der Waals surface area contributed by atoms with Gasteiger partial charge in [-0.25, -0.2) is 0 Å². The van der Waals surface area contributed by atoms with Crippen LogP contribution in [-0.4, -0.2) is 0 Å². The molecule has 26 heavy (non-hydrogen) atoms. The van der Waals surface area contributed by atoms with Crippen LogP contribution in [0.1, 0.15) is 5.56 Å². The molecular formula is C26H18. The van der Waals surface area contributed by atoms with Gasteiger partial charge < -0.3 is 0 Å². The van der Waals surface area contributed by atoms with Crippen LogP contribution >= 0.6 is 0 Å². The first-order valence-electron chi connectivity index (χ1n) is 8.91. The second kappa shape index (κ2) is 5.86. The molecule has 0 aromatic heterocycles. The molecule has 0 saturated carbocycles. The van der Waals surface area contributed by atoms with Gasteiger partial charge in [-0.3, -0.25) is 0 Å². The van der Waals surface area contributed by atoms with Gasteiger partial charge in [0.15, 0.2) is 0 Å². The Morgan fingerprint density at radius 1 is 0.538 bits per heavy atom. The van der Waals surface area contributed by atoms with Gasteiger partial charge in [0, 0.05) is 0 Å². The van der Waals surface area contributed by atoms with E-state index in [-0.39, 0.29) is 0 Å². The predicted molar refractivity (Wildman–Crippen MR) is 111 cm³/mol. The number of benzene rings is 4. The Hall–Kier alpha value is -3.38. The lowest BCUT2D eigenvalue weighted by Crippen LogP contribution is -2.26. The summed E-state index contributed by atoms with van der Waals surface area (Å²) >= 11 is 0. The Kier molecular flexibility index (Phi) is 3.36. The maximum Gasteiger partial charge on any atom is -0.00323 e. The highest BCUT2D eigenvalue weighted by Gasteiger charge is 2.17. The molecule has 0 bridgehead atoms. The normalized spacial score (nSPS) is 11.5. The third-order valence-corrected chi connectivity index (χ3v) is 5.17. The molecule has 0 nitrogen and oxygen atoms in total. The van der Waals surface area contributed by atoms with Crippen LogP contribution in [-0.2, 0) is 0 Å². The van der Waals surface area contributed by atoms with Crippen LogP contribution in [0.15, 0.2) is 91.0 Å². The molecule has 4 aromatic rings. The van der Waals surface area contributed by atoms with E-state index >= 15 is 0 Å². The lowest BCUT2D eigenvalue weighted by molar-refractivity contribution is 1.50. The van der Waals surface area contributed by atoms with E-state index in [2.05, 4.69) is 104 Å². The summed E-state index contributed by atoms with van der Waals surface area (Å²) in [5.41, 5.74) is 8.75. The van der Waals surface area contributed by atoms with E-state index in [1.807, 2.05) is 0 Å². The van der Waals surface area contributed by atoms with Crippen LogP contribution in [0.5, 0.6) is 0 Å². The summed E-state index contributed by atoms with van der Waals surface area (Å²) in [4.78, 5) is 0. The second-order valence-electron chi connectivity index (χ2n) is 6.70. The fourth-order valence-corrected chi connectivity index (χ4v) is 3.95. The van der Waals surface area contributed by atoms with Gasteiger partial charge >= 0.3 is 0 Å². The van der Waals surface area contributed by atoms with Crippen molar-refractivity contribution in [2.24, 2.45) is 0 Å². The molecule has 0 heteroatoms. The Morgan fingerprint density at radius 3 is 1.88 bits per heavy atom. The standard InChI is InChI=1S/C26H18/c1-18-23-16-21-14-8-9-15-22(21)25(23)17-24(19-10-4-2-5-11-19)26(18)20-12-6-3-7-13-20/h2-17H,1H2. The third kappa shape index (κ3) is 2.23. The molecule has 0 fully saturated rings. The van der Waals surface area contributed by atoms with Gasteiger partial charge in [-0.05, 0) is 61.5 Å². The topological polar surface area (TPSA) is 0 Å². The van der Waals surface area contributed by atoms with Crippen molar-refractivity contribution in [3.63, 3.8) is 0 Å².